The van der Waals surface area contributed by atoms with E-state index < -0.39 is 0 Å². The Labute approximate surface area is 132 Å². The van der Waals surface area contributed by atoms with Gasteiger partial charge in [0.1, 0.15) is 5.69 Å². The van der Waals surface area contributed by atoms with E-state index in [-0.39, 0.29) is 5.91 Å². The summed E-state index contributed by atoms with van der Waals surface area (Å²) in [7, 11) is 0. The fourth-order valence-corrected chi connectivity index (χ4v) is 2.64. The normalized spacial score (nSPS) is 11.0. The average Bonchev–Trinajstić information content (AvgIpc) is 3.05. The Kier molecular flexibility index (Phi) is 3.24. The zero-order valence-corrected chi connectivity index (χ0v) is 12.3. The van der Waals surface area contributed by atoms with Crippen LogP contribution in [0.4, 0.5) is 0 Å². The molecule has 3 heterocycles. The molecule has 1 amide bonds. The van der Waals surface area contributed by atoms with Gasteiger partial charge < -0.3 is 10.3 Å². The second-order valence-electron chi connectivity index (χ2n) is 5.33. The highest BCUT2D eigenvalue weighted by Gasteiger charge is 2.11. The van der Waals surface area contributed by atoms with Gasteiger partial charge in [0.25, 0.3) is 5.91 Å². The highest BCUT2D eigenvalue weighted by molar-refractivity contribution is 6.07. The van der Waals surface area contributed by atoms with Crippen LogP contribution < -0.4 is 5.32 Å². The Morgan fingerprint density at radius 2 is 1.96 bits per heavy atom. The maximum atomic E-state index is 12.3. The lowest BCUT2D eigenvalue weighted by Crippen LogP contribution is -2.23. The van der Waals surface area contributed by atoms with Crippen LogP contribution in [0.1, 0.15) is 16.1 Å². The molecule has 5 nitrogen and oxygen atoms in total. The van der Waals surface area contributed by atoms with Crippen LogP contribution in [0, 0.1) is 0 Å². The van der Waals surface area contributed by atoms with Crippen molar-refractivity contribution in [3.8, 4) is 0 Å². The summed E-state index contributed by atoms with van der Waals surface area (Å²) >= 11 is 0. The lowest BCUT2D eigenvalue weighted by Gasteiger charge is -2.03. The van der Waals surface area contributed by atoms with Gasteiger partial charge in [-0.25, -0.2) is 0 Å². The van der Waals surface area contributed by atoms with E-state index in [0.717, 1.165) is 27.4 Å². The van der Waals surface area contributed by atoms with Crippen molar-refractivity contribution >= 4 is 27.7 Å². The van der Waals surface area contributed by atoms with Gasteiger partial charge >= 0.3 is 0 Å². The maximum Gasteiger partial charge on any atom is 0.267 e. The van der Waals surface area contributed by atoms with E-state index in [2.05, 4.69) is 20.3 Å². The summed E-state index contributed by atoms with van der Waals surface area (Å²) in [6.45, 7) is 0.445. The van der Waals surface area contributed by atoms with Crippen molar-refractivity contribution in [1.29, 1.82) is 0 Å². The molecule has 0 atom stereocenters. The molecular formula is C18H14N4O. The second-order valence-corrected chi connectivity index (χ2v) is 5.33. The molecule has 4 rings (SSSR count). The first kappa shape index (κ1) is 13.5. The van der Waals surface area contributed by atoms with Crippen molar-refractivity contribution in [3.05, 3.63) is 72.3 Å². The third-order valence-corrected chi connectivity index (χ3v) is 3.79. The number of amides is 1. The summed E-state index contributed by atoms with van der Waals surface area (Å²) in [5.74, 6) is -0.144. The fourth-order valence-electron chi connectivity index (χ4n) is 2.64. The van der Waals surface area contributed by atoms with Gasteiger partial charge in [0.15, 0.2) is 0 Å². The van der Waals surface area contributed by atoms with E-state index in [1.54, 1.807) is 18.6 Å². The Morgan fingerprint density at radius 3 is 2.83 bits per heavy atom. The highest BCUT2D eigenvalue weighted by atomic mass is 16.1. The largest absolute Gasteiger partial charge is 0.349 e. The van der Waals surface area contributed by atoms with Crippen molar-refractivity contribution in [2.24, 2.45) is 0 Å². The van der Waals surface area contributed by atoms with Gasteiger partial charge in [0.05, 0.1) is 11.0 Å². The first-order chi connectivity index (χ1) is 11.3. The van der Waals surface area contributed by atoms with Crippen LogP contribution in [-0.2, 0) is 6.54 Å². The van der Waals surface area contributed by atoms with Crippen molar-refractivity contribution in [3.63, 3.8) is 0 Å². The van der Waals surface area contributed by atoms with E-state index in [0.29, 0.717) is 12.2 Å². The maximum absolute atomic E-state index is 12.3. The molecule has 0 unspecified atom stereocenters. The van der Waals surface area contributed by atoms with E-state index in [4.69, 9.17) is 0 Å². The molecular weight excluding hydrogens is 288 g/mol. The molecule has 0 saturated heterocycles. The van der Waals surface area contributed by atoms with E-state index in [1.807, 2.05) is 42.5 Å². The third kappa shape index (κ3) is 2.53. The molecule has 23 heavy (non-hydrogen) atoms. The van der Waals surface area contributed by atoms with Crippen LogP contribution >= 0.6 is 0 Å². The number of H-pyrrole nitrogens is 1. The van der Waals surface area contributed by atoms with E-state index in [1.165, 1.54) is 0 Å². The lowest BCUT2D eigenvalue weighted by molar-refractivity contribution is 0.0946. The molecule has 0 radical (unpaired) electrons. The second kappa shape index (κ2) is 5.53. The Balaban J connectivity index is 1.63. The van der Waals surface area contributed by atoms with Gasteiger partial charge in [-0.2, -0.15) is 0 Å². The highest BCUT2D eigenvalue weighted by Crippen LogP contribution is 2.23. The van der Waals surface area contributed by atoms with Crippen LogP contribution in [-0.4, -0.2) is 20.9 Å². The first-order valence-corrected chi connectivity index (χ1v) is 7.35. The van der Waals surface area contributed by atoms with Gasteiger partial charge in [-0.1, -0.05) is 24.3 Å². The minimum absolute atomic E-state index is 0.144. The fraction of sp³-hybridized carbons (Fsp3) is 0.0556. The van der Waals surface area contributed by atoms with Crippen molar-refractivity contribution in [2.45, 2.75) is 6.54 Å². The van der Waals surface area contributed by atoms with Crippen LogP contribution in [0.3, 0.4) is 0 Å². The van der Waals surface area contributed by atoms with Crippen LogP contribution in [0.2, 0.25) is 0 Å². The number of aromatic nitrogens is 3. The predicted molar refractivity (Wildman–Crippen MR) is 89.0 cm³/mol. The third-order valence-electron chi connectivity index (χ3n) is 3.79. The van der Waals surface area contributed by atoms with E-state index in [9.17, 15) is 4.79 Å². The molecule has 3 aromatic heterocycles. The van der Waals surface area contributed by atoms with Crippen LogP contribution in [0.5, 0.6) is 0 Å². The van der Waals surface area contributed by atoms with Gasteiger partial charge in [-0.3, -0.25) is 14.8 Å². The molecule has 0 spiro atoms. The summed E-state index contributed by atoms with van der Waals surface area (Å²) in [5.41, 5.74) is 3.25. The molecule has 0 aliphatic carbocycles. The Morgan fingerprint density at radius 1 is 1.09 bits per heavy atom. The number of hydrogen-bond acceptors (Lipinski definition) is 3. The predicted octanol–water partition coefficient (Wildman–Crippen LogP) is 3.04. The zero-order valence-electron chi connectivity index (χ0n) is 12.3. The number of rotatable bonds is 3. The van der Waals surface area contributed by atoms with Crippen molar-refractivity contribution in [1.82, 2.24) is 20.3 Å². The molecule has 0 saturated carbocycles. The van der Waals surface area contributed by atoms with Gasteiger partial charge in [-0.05, 0) is 23.8 Å². The van der Waals surface area contributed by atoms with Crippen molar-refractivity contribution < 1.29 is 4.79 Å². The van der Waals surface area contributed by atoms with Crippen LogP contribution in [0.15, 0.2) is 61.1 Å². The number of aromatic amines is 1. The number of carbonyl (C=O) groups is 1. The number of nitrogens with one attached hydrogen (secondary N) is 2. The molecule has 1 aromatic carbocycles. The average molecular weight is 302 g/mol. The molecule has 0 aliphatic heterocycles. The topological polar surface area (TPSA) is 70.7 Å². The molecule has 112 valence electrons. The number of fused-ring (bicyclic) bond motifs is 3. The number of benzene rings is 1. The van der Waals surface area contributed by atoms with Crippen LogP contribution in [0.25, 0.3) is 21.8 Å². The Bertz CT molecular complexity index is 992. The Hall–Kier alpha value is -3.21. The molecule has 0 bridgehead atoms. The summed E-state index contributed by atoms with van der Waals surface area (Å²) in [5, 5.41) is 4.91. The summed E-state index contributed by atoms with van der Waals surface area (Å²) in [6, 6.07) is 13.5. The zero-order chi connectivity index (χ0) is 15.6. The smallest absolute Gasteiger partial charge is 0.267 e. The quantitative estimate of drug-likeness (QED) is 0.611. The molecule has 5 heteroatoms. The summed E-state index contributed by atoms with van der Waals surface area (Å²) in [4.78, 5) is 24.0. The summed E-state index contributed by atoms with van der Waals surface area (Å²) in [6.07, 6.45) is 5.20. The molecule has 0 fully saturated rings. The summed E-state index contributed by atoms with van der Waals surface area (Å²) < 4.78 is 0. The number of carbonyl (C=O) groups excluding carboxylic acids is 1. The van der Waals surface area contributed by atoms with Crippen molar-refractivity contribution in [2.75, 3.05) is 0 Å². The molecule has 4 aromatic rings. The minimum atomic E-state index is -0.144. The number of pyridine rings is 2. The lowest BCUT2D eigenvalue weighted by atomic mass is 10.1. The number of nitrogens with zero attached hydrogens (tertiary/aromatic N) is 2. The monoisotopic (exact) mass is 302 g/mol. The standard InChI is InChI=1S/C18H14N4O/c23-18(21-11-12-3-1-7-19-10-12)15-9-14-6-5-13-4-2-8-20-16(13)17(14)22-15/h1-10,22H,11H2,(H,21,23). The molecule has 0 aliphatic rings. The van der Waals surface area contributed by atoms with E-state index >= 15 is 0 Å². The van der Waals surface area contributed by atoms with Gasteiger partial charge in [0.2, 0.25) is 0 Å². The van der Waals surface area contributed by atoms with Gasteiger partial charge in [0, 0.05) is 35.9 Å². The SMILES string of the molecule is O=C(NCc1cccnc1)c1cc2ccc3cccnc3c2[nH]1. The minimum Gasteiger partial charge on any atom is -0.349 e. The first-order valence-electron chi connectivity index (χ1n) is 7.35. The molecule has 2 N–H and O–H groups in total. The number of hydrogen-bond donors (Lipinski definition) is 2. The van der Waals surface area contributed by atoms with Gasteiger partial charge in [-0.15, -0.1) is 0 Å².